The fourth-order valence-electron chi connectivity index (χ4n) is 1.90. The van der Waals surface area contributed by atoms with Crippen molar-refractivity contribution in [1.29, 1.82) is 0 Å². The number of rotatable bonds is 3. The van der Waals surface area contributed by atoms with Gasteiger partial charge in [0, 0.05) is 13.1 Å². The monoisotopic (exact) mass is 234 g/mol. The third-order valence-electron chi connectivity index (χ3n) is 2.77. The van der Waals surface area contributed by atoms with E-state index >= 15 is 0 Å². The van der Waals surface area contributed by atoms with E-state index in [4.69, 9.17) is 5.11 Å². The van der Waals surface area contributed by atoms with Crippen LogP contribution in [0.25, 0.3) is 0 Å². The number of benzene rings is 1. The molecule has 90 valence electrons. The van der Waals surface area contributed by atoms with Crippen molar-refractivity contribution < 1.29 is 14.7 Å². The van der Waals surface area contributed by atoms with Crippen LogP contribution in [0.15, 0.2) is 24.3 Å². The number of carbonyl (C=O) groups excluding carboxylic acids is 1. The highest BCUT2D eigenvalue weighted by molar-refractivity contribution is 6.04. The van der Waals surface area contributed by atoms with Crippen molar-refractivity contribution >= 4 is 11.9 Å². The summed E-state index contributed by atoms with van der Waals surface area (Å²) in [5.74, 6) is -1.44. The zero-order chi connectivity index (χ0) is 12.3. The predicted molar refractivity (Wildman–Crippen MR) is 61.7 cm³/mol. The molecule has 1 amide bonds. The Morgan fingerprint density at radius 1 is 1.12 bits per heavy atom. The van der Waals surface area contributed by atoms with Gasteiger partial charge in [-0.25, -0.2) is 9.80 Å². The van der Waals surface area contributed by atoms with Crippen LogP contribution in [-0.2, 0) is 0 Å². The van der Waals surface area contributed by atoms with Crippen LogP contribution in [0.4, 0.5) is 0 Å². The number of nitrogens with one attached hydrogen (secondary N) is 1. The zero-order valence-corrected chi connectivity index (χ0v) is 9.35. The first-order valence-corrected chi connectivity index (χ1v) is 5.57. The molecule has 1 saturated heterocycles. The van der Waals surface area contributed by atoms with E-state index in [1.165, 1.54) is 12.1 Å². The first kappa shape index (κ1) is 11.6. The predicted octanol–water partition coefficient (Wildman–Crippen LogP) is 1.13. The van der Waals surface area contributed by atoms with Gasteiger partial charge in [-0.3, -0.25) is 10.2 Å². The lowest BCUT2D eigenvalue weighted by atomic mass is 10.1. The third-order valence-corrected chi connectivity index (χ3v) is 2.77. The Balaban J connectivity index is 2.15. The van der Waals surface area contributed by atoms with E-state index in [0.717, 1.165) is 25.9 Å². The van der Waals surface area contributed by atoms with E-state index in [1.54, 1.807) is 12.1 Å². The molecule has 0 unspecified atom stereocenters. The molecular formula is C12H14N2O3. The molecule has 1 heterocycles. The summed E-state index contributed by atoms with van der Waals surface area (Å²) >= 11 is 0. The van der Waals surface area contributed by atoms with Crippen LogP contribution in [0.1, 0.15) is 33.6 Å². The molecule has 2 N–H and O–H groups in total. The second-order valence-electron chi connectivity index (χ2n) is 3.99. The van der Waals surface area contributed by atoms with Gasteiger partial charge in [-0.1, -0.05) is 12.1 Å². The van der Waals surface area contributed by atoms with Crippen LogP contribution < -0.4 is 5.43 Å². The minimum Gasteiger partial charge on any atom is -0.478 e. The number of nitrogens with zero attached hydrogens (tertiary/aromatic N) is 1. The molecule has 5 heteroatoms. The van der Waals surface area contributed by atoms with Gasteiger partial charge < -0.3 is 5.11 Å². The molecule has 1 fully saturated rings. The minimum absolute atomic E-state index is 0.0317. The average Bonchev–Trinajstić information content (AvgIpc) is 2.81. The molecule has 0 bridgehead atoms. The van der Waals surface area contributed by atoms with E-state index in [-0.39, 0.29) is 17.0 Å². The van der Waals surface area contributed by atoms with Crippen molar-refractivity contribution in [3.05, 3.63) is 35.4 Å². The number of hydrogen-bond donors (Lipinski definition) is 2. The highest BCUT2D eigenvalue weighted by atomic mass is 16.4. The second-order valence-corrected chi connectivity index (χ2v) is 3.99. The van der Waals surface area contributed by atoms with Gasteiger partial charge in [-0.05, 0) is 25.0 Å². The summed E-state index contributed by atoms with van der Waals surface area (Å²) in [5.41, 5.74) is 2.95. The molecule has 2 rings (SSSR count). The molecule has 1 aromatic rings. The molecule has 0 aliphatic carbocycles. The van der Waals surface area contributed by atoms with Crippen molar-refractivity contribution in [1.82, 2.24) is 10.4 Å². The summed E-state index contributed by atoms with van der Waals surface area (Å²) in [6, 6.07) is 6.22. The second kappa shape index (κ2) is 4.97. The van der Waals surface area contributed by atoms with Gasteiger partial charge in [-0.2, -0.15) is 0 Å². The SMILES string of the molecule is O=C(O)c1ccccc1C(=O)NN1CCCC1. The lowest BCUT2D eigenvalue weighted by molar-refractivity contribution is 0.0685. The number of carboxylic acids is 1. The standard InChI is InChI=1S/C12H14N2O3/c15-11(13-14-7-3-4-8-14)9-5-1-2-6-10(9)12(16)17/h1-2,5-6H,3-4,7-8H2,(H,13,15)(H,16,17). The van der Waals surface area contributed by atoms with E-state index in [0.29, 0.717) is 0 Å². The molecule has 0 atom stereocenters. The van der Waals surface area contributed by atoms with Gasteiger partial charge >= 0.3 is 5.97 Å². The van der Waals surface area contributed by atoms with E-state index < -0.39 is 5.97 Å². The van der Waals surface area contributed by atoms with Crippen LogP contribution in [0, 0.1) is 0 Å². The van der Waals surface area contributed by atoms with Gasteiger partial charge in [0.15, 0.2) is 0 Å². The Hall–Kier alpha value is -1.88. The zero-order valence-electron chi connectivity index (χ0n) is 9.35. The lowest BCUT2D eigenvalue weighted by Gasteiger charge is -2.16. The molecule has 5 nitrogen and oxygen atoms in total. The fourth-order valence-corrected chi connectivity index (χ4v) is 1.90. The maximum absolute atomic E-state index is 11.9. The van der Waals surface area contributed by atoms with Gasteiger partial charge in [-0.15, -0.1) is 0 Å². The smallest absolute Gasteiger partial charge is 0.336 e. The van der Waals surface area contributed by atoms with Crippen LogP contribution in [0.3, 0.4) is 0 Å². The molecule has 0 spiro atoms. The summed E-state index contributed by atoms with van der Waals surface area (Å²) in [6.07, 6.45) is 2.11. The Morgan fingerprint density at radius 2 is 1.71 bits per heavy atom. The van der Waals surface area contributed by atoms with Crippen LogP contribution >= 0.6 is 0 Å². The molecule has 17 heavy (non-hydrogen) atoms. The van der Waals surface area contributed by atoms with Crippen molar-refractivity contribution in [2.75, 3.05) is 13.1 Å². The van der Waals surface area contributed by atoms with Crippen LogP contribution in [0.2, 0.25) is 0 Å². The number of amides is 1. The Morgan fingerprint density at radius 3 is 2.29 bits per heavy atom. The lowest BCUT2D eigenvalue weighted by Crippen LogP contribution is -2.40. The van der Waals surface area contributed by atoms with E-state index in [1.807, 2.05) is 5.01 Å². The highest BCUT2D eigenvalue weighted by Crippen LogP contribution is 2.10. The summed E-state index contributed by atoms with van der Waals surface area (Å²) in [7, 11) is 0. The van der Waals surface area contributed by atoms with Crippen molar-refractivity contribution in [3.63, 3.8) is 0 Å². The van der Waals surface area contributed by atoms with Crippen LogP contribution in [-0.4, -0.2) is 35.1 Å². The first-order valence-electron chi connectivity index (χ1n) is 5.57. The first-order chi connectivity index (χ1) is 8.18. The van der Waals surface area contributed by atoms with Crippen LogP contribution in [0.5, 0.6) is 0 Å². The summed E-state index contributed by atoms with van der Waals surface area (Å²) in [4.78, 5) is 22.9. The van der Waals surface area contributed by atoms with Gasteiger partial charge in [0.1, 0.15) is 0 Å². The maximum atomic E-state index is 11.9. The molecule has 1 aromatic carbocycles. The quantitative estimate of drug-likeness (QED) is 0.822. The van der Waals surface area contributed by atoms with E-state index in [2.05, 4.69) is 5.43 Å². The number of hydrazine groups is 1. The Bertz CT molecular complexity index is 439. The van der Waals surface area contributed by atoms with Crippen molar-refractivity contribution in [2.45, 2.75) is 12.8 Å². The van der Waals surface area contributed by atoms with Gasteiger partial charge in [0.05, 0.1) is 11.1 Å². The van der Waals surface area contributed by atoms with E-state index in [9.17, 15) is 9.59 Å². The third kappa shape index (κ3) is 2.62. The van der Waals surface area contributed by atoms with Crippen molar-refractivity contribution in [3.8, 4) is 0 Å². The summed E-state index contributed by atoms with van der Waals surface area (Å²) in [5, 5.41) is 10.8. The average molecular weight is 234 g/mol. The maximum Gasteiger partial charge on any atom is 0.336 e. The number of hydrogen-bond acceptors (Lipinski definition) is 3. The fraction of sp³-hybridized carbons (Fsp3) is 0.333. The molecule has 0 aromatic heterocycles. The topological polar surface area (TPSA) is 69.6 Å². The highest BCUT2D eigenvalue weighted by Gasteiger charge is 2.19. The largest absolute Gasteiger partial charge is 0.478 e. The molecular weight excluding hydrogens is 220 g/mol. The molecule has 1 aliphatic rings. The molecule has 0 saturated carbocycles. The number of carboxylic acid groups (broad SMARTS) is 1. The summed E-state index contributed by atoms with van der Waals surface area (Å²) in [6.45, 7) is 1.64. The minimum atomic E-state index is -1.09. The number of aromatic carboxylic acids is 1. The Labute approximate surface area is 99.0 Å². The normalized spacial score (nSPS) is 15.8. The number of carbonyl (C=O) groups is 2. The van der Waals surface area contributed by atoms with Gasteiger partial charge in [0.25, 0.3) is 5.91 Å². The van der Waals surface area contributed by atoms with Gasteiger partial charge in [0.2, 0.25) is 0 Å². The van der Waals surface area contributed by atoms with Crippen molar-refractivity contribution in [2.24, 2.45) is 0 Å². The molecule has 0 radical (unpaired) electrons. The molecule has 1 aliphatic heterocycles. The Kier molecular flexibility index (Phi) is 3.39. The summed E-state index contributed by atoms with van der Waals surface area (Å²) < 4.78 is 0.